The normalized spacial score (nSPS) is 11.6. The minimum Gasteiger partial charge on any atom is -0.433 e. The molecule has 0 unspecified atom stereocenters. The summed E-state index contributed by atoms with van der Waals surface area (Å²) in [5.74, 6) is -0.530. The molecule has 0 aliphatic carbocycles. The molecule has 1 aromatic carbocycles. The van der Waals surface area contributed by atoms with Gasteiger partial charge in [0.25, 0.3) is 10.0 Å². The third kappa shape index (κ3) is 3.05. The summed E-state index contributed by atoms with van der Waals surface area (Å²) >= 11 is 6.98. The Morgan fingerprint density at radius 2 is 2.00 bits per heavy atom. The minimum absolute atomic E-state index is 0.273. The largest absolute Gasteiger partial charge is 0.433 e. The fourth-order valence-corrected chi connectivity index (χ4v) is 2.48. The monoisotopic (exact) mass is 312 g/mol. The Morgan fingerprint density at radius 1 is 1.39 bits per heavy atom. The first-order valence-electron chi connectivity index (χ1n) is 4.21. The molecule has 0 atom stereocenters. The summed E-state index contributed by atoms with van der Waals surface area (Å²) in [6.45, 7) is -3.17. The van der Waals surface area contributed by atoms with Crippen LogP contribution in [0.25, 0.3) is 0 Å². The molecule has 0 aromatic heterocycles. The molecule has 1 aromatic rings. The van der Waals surface area contributed by atoms with Crippen molar-refractivity contribution in [3.63, 3.8) is 0 Å². The van der Waals surface area contributed by atoms with Crippen LogP contribution in [-0.4, -0.2) is 18.1 Å². The van der Waals surface area contributed by atoms with E-state index in [0.717, 1.165) is 18.2 Å². The quantitative estimate of drug-likeness (QED) is 0.832. The zero-order chi connectivity index (χ0) is 13.9. The molecule has 0 aliphatic heterocycles. The second kappa shape index (κ2) is 5.75. The van der Waals surface area contributed by atoms with E-state index in [9.17, 15) is 17.2 Å². The highest BCUT2D eigenvalue weighted by Crippen LogP contribution is 2.29. The predicted octanol–water partition coefficient (Wildman–Crippen LogP) is 1.84. The lowest BCUT2D eigenvalue weighted by Gasteiger charge is -2.12. The van der Waals surface area contributed by atoms with Crippen LogP contribution in [0.15, 0.2) is 23.1 Å². The van der Waals surface area contributed by atoms with E-state index >= 15 is 0 Å². The van der Waals surface area contributed by atoms with E-state index in [-0.39, 0.29) is 3.12 Å². The van der Waals surface area contributed by atoms with E-state index in [1.54, 1.807) is 0 Å². The van der Waals surface area contributed by atoms with Crippen LogP contribution in [0.3, 0.4) is 0 Å². The topological polar surface area (TPSA) is 70.4 Å². The van der Waals surface area contributed by atoms with Crippen molar-refractivity contribution >= 4 is 35.7 Å². The zero-order valence-corrected chi connectivity index (χ0v) is 11.1. The Bertz CT molecular complexity index is 584. The van der Waals surface area contributed by atoms with Crippen molar-refractivity contribution in [2.24, 2.45) is 0 Å². The summed E-state index contributed by atoms with van der Waals surface area (Å²) in [7, 11) is -4.16. The number of hydrogen-bond donors (Lipinski definition) is 2. The van der Waals surface area contributed by atoms with Crippen LogP contribution >= 0.6 is 25.6 Å². The van der Waals surface area contributed by atoms with Gasteiger partial charge in [-0.2, -0.15) is 14.0 Å². The molecule has 0 radical (unpaired) electrons. The summed E-state index contributed by atoms with van der Waals surface area (Å²) in [6.07, 6.45) is 0. The number of nitrogens with zero attached hydrogens (tertiary/aromatic N) is 2. The number of alkyl halides is 2. The number of sulfonamides is 1. The first kappa shape index (κ1) is 15.0. The predicted molar refractivity (Wildman–Crippen MR) is 64.8 cm³/mol. The highest BCUT2D eigenvalue weighted by molar-refractivity contribution is 8.11. The van der Waals surface area contributed by atoms with Crippen LogP contribution in [0.2, 0.25) is 0 Å². The lowest BCUT2D eigenvalue weighted by atomic mass is 10.2. The minimum atomic E-state index is -4.16. The van der Waals surface area contributed by atoms with Gasteiger partial charge in [-0.3, -0.25) is 0 Å². The van der Waals surface area contributed by atoms with E-state index < -0.39 is 32.8 Å². The van der Waals surface area contributed by atoms with Gasteiger partial charge in [0, 0.05) is 0 Å². The van der Waals surface area contributed by atoms with Crippen LogP contribution in [-0.2, 0) is 10.0 Å². The second-order valence-electron chi connectivity index (χ2n) is 2.85. The summed E-state index contributed by atoms with van der Waals surface area (Å²) in [5, 5.41) is 8.85. The van der Waals surface area contributed by atoms with Gasteiger partial charge in [-0.05, 0) is 12.1 Å². The Balaban J connectivity index is 3.45. The lowest BCUT2D eigenvalue weighted by molar-refractivity contribution is -0.0502. The van der Waals surface area contributed by atoms with Crippen molar-refractivity contribution < 1.29 is 21.9 Å². The molecule has 0 aliphatic rings. The average Bonchev–Trinajstić information content (AvgIpc) is 2.27. The fourth-order valence-electron chi connectivity index (χ4n) is 1.12. The molecule has 0 saturated heterocycles. The van der Waals surface area contributed by atoms with Crippen molar-refractivity contribution in [1.82, 2.24) is 3.12 Å². The van der Waals surface area contributed by atoms with Crippen LogP contribution in [0.1, 0.15) is 5.56 Å². The molecule has 0 spiro atoms. The number of halogens is 2. The van der Waals surface area contributed by atoms with Crippen molar-refractivity contribution in [2.75, 3.05) is 0 Å². The molecule has 5 nitrogen and oxygen atoms in total. The van der Waals surface area contributed by atoms with Gasteiger partial charge in [0.05, 0.1) is 0 Å². The summed E-state index contributed by atoms with van der Waals surface area (Å²) in [5.41, 5.74) is -0.536. The van der Waals surface area contributed by atoms with E-state index in [0.29, 0.717) is 0 Å². The van der Waals surface area contributed by atoms with Crippen molar-refractivity contribution in [3.05, 3.63) is 23.8 Å². The van der Waals surface area contributed by atoms with Crippen LogP contribution in [0.4, 0.5) is 8.78 Å². The number of rotatable bonds is 4. The molecular formula is C8H6F2N2O3S3. The molecule has 0 saturated carbocycles. The van der Waals surface area contributed by atoms with Gasteiger partial charge in [0.1, 0.15) is 22.3 Å². The summed E-state index contributed by atoms with van der Waals surface area (Å²) < 4.78 is 52.0. The lowest BCUT2D eigenvalue weighted by Crippen LogP contribution is -2.15. The summed E-state index contributed by atoms with van der Waals surface area (Å²) in [6, 6.07) is 4.78. The molecule has 0 bridgehead atoms. The maximum absolute atomic E-state index is 12.1. The van der Waals surface area contributed by atoms with Crippen molar-refractivity contribution in [3.8, 4) is 11.8 Å². The second-order valence-corrected chi connectivity index (χ2v) is 6.26. The number of ether oxygens (including phenoxy) is 1. The molecule has 18 heavy (non-hydrogen) atoms. The molecule has 0 fully saturated rings. The van der Waals surface area contributed by atoms with Gasteiger partial charge < -0.3 is 4.74 Å². The standard InChI is InChI=1S/C8H6F2N2O3S3/c9-8(10)15-6-2-1-3-7(5(6)4-11)18(13,14)12(16)17/h1-3,8,16-17H. The van der Waals surface area contributed by atoms with Crippen LogP contribution in [0.5, 0.6) is 5.75 Å². The van der Waals surface area contributed by atoms with E-state index in [1.165, 1.54) is 6.07 Å². The van der Waals surface area contributed by atoms with Crippen LogP contribution in [0, 0.1) is 11.3 Å². The molecule has 0 amide bonds. The van der Waals surface area contributed by atoms with Gasteiger partial charge in [0.15, 0.2) is 0 Å². The molecule has 98 valence electrons. The van der Waals surface area contributed by atoms with Gasteiger partial charge in [0.2, 0.25) is 0 Å². The number of nitriles is 1. The van der Waals surface area contributed by atoms with E-state index in [4.69, 9.17) is 5.26 Å². The average molecular weight is 312 g/mol. The first-order valence-corrected chi connectivity index (χ1v) is 6.45. The van der Waals surface area contributed by atoms with Crippen molar-refractivity contribution in [2.45, 2.75) is 11.5 Å². The van der Waals surface area contributed by atoms with Crippen molar-refractivity contribution in [1.29, 1.82) is 5.26 Å². The zero-order valence-electron chi connectivity index (χ0n) is 8.49. The molecule has 0 N–H and O–H groups in total. The Hall–Kier alpha value is -1.02. The fraction of sp³-hybridized carbons (Fsp3) is 0.125. The molecule has 1 rings (SSSR count). The van der Waals surface area contributed by atoms with Crippen LogP contribution < -0.4 is 4.74 Å². The Morgan fingerprint density at radius 3 is 2.44 bits per heavy atom. The smallest absolute Gasteiger partial charge is 0.387 e. The third-order valence-electron chi connectivity index (χ3n) is 1.81. The van der Waals surface area contributed by atoms with Gasteiger partial charge in [-0.15, -0.1) is 0 Å². The number of thiol groups is 2. The highest BCUT2D eigenvalue weighted by atomic mass is 32.3. The van der Waals surface area contributed by atoms with E-state index in [2.05, 4.69) is 30.4 Å². The summed E-state index contributed by atoms with van der Waals surface area (Å²) in [4.78, 5) is -0.520. The highest BCUT2D eigenvalue weighted by Gasteiger charge is 2.26. The van der Waals surface area contributed by atoms with Gasteiger partial charge >= 0.3 is 6.61 Å². The molecule has 0 heterocycles. The Kier molecular flexibility index (Phi) is 4.80. The maximum Gasteiger partial charge on any atom is 0.387 e. The van der Waals surface area contributed by atoms with E-state index in [1.807, 2.05) is 0 Å². The SMILES string of the molecule is N#Cc1c(OC(F)F)cccc1S(=O)(=O)N(S)S. The Labute approximate surface area is 113 Å². The maximum atomic E-state index is 12.1. The molecular weight excluding hydrogens is 306 g/mol. The third-order valence-corrected chi connectivity index (χ3v) is 4.42. The van der Waals surface area contributed by atoms with Gasteiger partial charge in [-0.25, -0.2) is 8.42 Å². The molecule has 10 heteroatoms. The first-order chi connectivity index (χ1) is 8.30. The number of hydrogen-bond acceptors (Lipinski definition) is 6. The number of benzene rings is 1. The van der Waals surface area contributed by atoms with Gasteiger partial charge in [-0.1, -0.05) is 34.8 Å².